The molecule has 3 aromatic rings. The molecule has 2 aromatic carbocycles. The van der Waals surface area contributed by atoms with Gasteiger partial charge in [0, 0.05) is 23.1 Å². The molecule has 1 aromatic heterocycles. The quantitative estimate of drug-likeness (QED) is 0.658. The van der Waals surface area contributed by atoms with Gasteiger partial charge in [-0.1, -0.05) is 41.4 Å². The first-order chi connectivity index (χ1) is 11.6. The monoisotopic (exact) mass is 357 g/mol. The van der Waals surface area contributed by atoms with E-state index in [1.54, 1.807) is 36.5 Å². The third-order valence-corrected chi connectivity index (χ3v) is 3.98. The molecule has 24 heavy (non-hydrogen) atoms. The number of halogens is 2. The van der Waals surface area contributed by atoms with Gasteiger partial charge < -0.3 is 10.6 Å². The van der Waals surface area contributed by atoms with Crippen molar-refractivity contribution in [3.05, 3.63) is 82.5 Å². The number of hydrogen-bond acceptors (Lipinski definition) is 3. The number of nitrogens with one attached hydrogen (secondary N) is 2. The van der Waals surface area contributed by atoms with Crippen LogP contribution in [0.5, 0.6) is 0 Å². The first kappa shape index (κ1) is 16.3. The van der Waals surface area contributed by atoms with E-state index in [4.69, 9.17) is 23.2 Å². The molecule has 1 amide bonds. The maximum Gasteiger partial charge on any atom is 0.255 e. The van der Waals surface area contributed by atoms with Crippen LogP contribution in [0.25, 0.3) is 0 Å². The van der Waals surface area contributed by atoms with Gasteiger partial charge in [0.2, 0.25) is 0 Å². The van der Waals surface area contributed by atoms with E-state index in [1.807, 2.05) is 30.3 Å². The minimum absolute atomic E-state index is 0.257. The largest absolute Gasteiger partial charge is 0.340 e. The molecule has 4 nitrogen and oxygen atoms in total. The molecule has 0 aliphatic carbocycles. The predicted molar refractivity (Wildman–Crippen MR) is 98.4 cm³/mol. The summed E-state index contributed by atoms with van der Waals surface area (Å²) >= 11 is 11.8. The van der Waals surface area contributed by atoms with Crippen LogP contribution in [0, 0.1) is 0 Å². The van der Waals surface area contributed by atoms with Gasteiger partial charge >= 0.3 is 0 Å². The molecular formula is C18H13Cl2N3O. The second-order valence-corrected chi connectivity index (χ2v) is 5.82. The molecule has 0 aliphatic heterocycles. The second kappa shape index (κ2) is 7.34. The van der Waals surface area contributed by atoms with Crippen molar-refractivity contribution >= 4 is 46.3 Å². The van der Waals surface area contributed by atoms with E-state index in [-0.39, 0.29) is 5.91 Å². The van der Waals surface area contributed by atoms with E-state index in [0.717, 1.165) is 5.69 Å². The number of anilines is 3. The lowest BCUT2D eigenvalue weighted by Crippen LogP contribution is -2.12. The van der Waals surface area contributed by atoms with E-state index in [2.05, 4.69) is 15.6 Å². The Morgan fingerprint density at radius 1 is 0.875 bits per heavy atom. The van der Waals surface area contributed by atoms with Crippen molar-refractivity contribution in [3.8, 4) is 0 Å². The second-order valence-electron chi connectivity index (χ2n) is 5.00. The fourth-order valence-corrected chi connectivity index (χ4v) is 2.38. The molecule has 3 rings (SSSR count). The Hall–Kier alpha value is -2.56. The van der Waals surface area contributed by atoms with Crippen LogP contribution in [0.1, 0.15) is 10.4 Å². The number of rotatable bonds is 4. The number of carbonyl (C=O) groups excluding carboxylic acids is 1. The lowest BCUT2D eigenvalue weighted by Gasteiger charge is -2.09. The van der Waals surface area contributed by atoms with E-state index in [9.17, 15) is 4.79 Å². The average Bonchev–Trinajstić information content (AvgIpc) is 2.59. The van der Waals surface area contributed by atoms with Crippen molar-refractivity contribution in [2.75, 3.05) is 10.6 Å². The molecule has 0 radical (unpaired) electrons. The summed E-state index contributed by atoms with van der Waals surface area (Å²) in [6.07, 6.45) is 1.58. The zero-order valence-electron chi connectivity index (χ0n) is 12.5. The van der Waals surface area contributed by atoms with Crippen molar-refractivity contribution < 1.29 is 4.79 Å². The summed E-state index contributed by atoms with van der Waals surface area (Å²) in [5.41, 5.74) is 1.95. The zero-order chi connectivity index (χ0) is 16.9. The number of aromatic nitrogens is 1. The Labute approximate surface area is 149 Å². The van der Waals surface area contributed by atoms with Crippen LogP contribution >= 0.6 is 23.2 Å². The van der Waals surface area contributed by atoms with Crippen LogP contribution in [0.3, 0.4) is 0 Å². The normalized spacial score (nSPS) is 10.2. The first-order valence-corrected chi connectivity index (χ1v) is 7.92. The summed E-state index contributed by atoms with van der Waals surface area (Å²) < 4.78 is 0. The predicted octanol–water partition coefficient (Wildman–Crippen LogP) is 5.38. The highest BCUT2D eigenvalue weighted by Crippen LogP contribution is 2.25. The SMILES string of the molecule is O=C(Nc1ccc(Cl)c(Cl)c1)c1ccnc(Nc2ccccc2)c1. The first-order valence-electron chi connectivity index (χ1n) is 7.16. The molecule has 0 spiro atoms. The summed E-state index contributed by atoms with van der Waals surface area (Å²) in [4.78, 5) is 16.6. The maximum atomic E-state index is 12.4. The Balaban J connectivity index is 1.75. The molecule has 1 heterocycles. The molecule has 0 saturated heterocycles. The molecule has 120 valence electrons. The van der Waals surface area contributed by atoms with Crippen molar-refractivity contribution in [1.82, 2.24) is 4.98 Å². The molecule has 0 atom stereocenters. The topological polar surface area (TPSA) is 54.0 Å². The Kier molecular flexibility index (Phi) is 4.99. The summed E-state index contributed by atoms with van der Waals surface area (Å²) in [7, 11) is 0. The highest BCUT2D eigenvalue weighted by Gasteiger charge is 2.09. The maximum absolute atomic E-state index is 12.4. The number of amides is 1. The number of nitrogens with zero attached hydrogens (tertiary/aromatic N) is 1. The zero-order valence-corrected chi connectivity index (χ0v) is 14.0. The van der Waals surface area contributed by atoms with Gasteiger partial charge in [-0.3, -0.25) is 4.79 Å². The summed E-state index contributed by atoms with van der Waals surface area (Å²) in [6, 6.07) is 17.9. The van der Waals surface area contributed by atoms with Crippen LogP contribution in [0.2, 0.25) is 10.0 Å². The summed E-state index contributed by atoms with van der Waals surface area (Å²) in [6.45, 7) is 0. The van der Waals surface area contributed by atoms with Crippen molar-refractivity contribution in [1.29, 1.82) is 0 Å². The number of pyridine rings is 1. The average molecular weight is 358 g/mol. The van der Waals surface area contributed by atoms with Crippen LogP contribution in [-0.2, 0) is 0 Å². The Morgan fingerprint density at radius 3 is 2.42 bits per heavy atom. The molecule has 6 heteroatoms. The smallest absolute Gasteiger partial charge is 0.255 e. The van der Waals surface area contributed by atoms with Gasteiger partial charge in [-0.05, 0) is 42.5 Å². The van der Waals surface area contributed by atoms with Gasteiger partial charge in [0.1, 0.15) is 5.82 Å². The van der Waals surface area contributed by atoms with E-state index >= 15 is 0 Å². The van der Waals surface area contributed by atoms with Gasteiger partial charge in [0.15, 0.2) is 0 Å². The molecule has 0 unspecified atom stereocenters. The van der Waals surface area contributed by atoms with Crippen molar-refractivity contribution in [2.45, 2.75) is 0 Å². The highest BCUT2D eigenvalue weighted by molar-refractivity contribution is 6.42. The van der Waals surface area contributed by atoms with Gasteiger partial charge in [-0.25, -0.2) is 4.98 Å². The van der Waals surface area contributed by atoms with Crippen LogP contribution < -0.4 is 10.6 Å². The molecule has 0 aliphatic rings. The lowest BCUT2D eigenvalue weighted by molar-refractivity contribution is 0.102. The van der Waals surface area contributed by atoms with Crippen molar-refractivity contribution in [2.24, 2.45) is 0 Å². The summed E-state index contributed by atoms with van der Waals surface area (Å²) in [5.74, 6) is 0.329. The van der Waals surface area contributed by atoms with Gasteiger partial charge in [-0.2, -0.15) is 0 Å². The number of hydrogen-bond donors (Lipinski definition) is 2. The third-order valence-electron chi connectivity index (χ3n) is 3.25. The highest BCUT2D eigenvalue weighted by atomic mass is 35.5. The molecule has 2 N–H and O–H groups in total. The lowest BCUT2D eigenvalue weighted by atomic mass is 10.2. The Morgan fingerprint density at radius 2 is 1.67 bits per heavy atom. The summed E-state index contributed by atoms with van der Waals surface area (Å²) in [5, 5.41) is 6.75. The fourth-order valence-electron chi connectivity index (χ4n) is 2.09. The molecule has 0 fully saturated rings. The molecule has 0 bridgehead atoms. The van der Waals surface area contributed by atoms with Gasteiger partial charge in [0.05, 0.1) is 10.0 Å². The Bertz CT molecular complexity index is 869. The van der Waals surface area contributed by atoms with Crippen molar-refractivity contribution in [3.63, 3.8) is 0 Å². The van der Waals surface area contributed by atoms with Crippen LogP contribution in [0.15, 0.2) is 66.9 Å². The van der Waals surface area contributed by atoms with E-state index in [0.29, 0.717) is 27.1 Å². The van der Waals surface area contributed by atoms with Crippen LogP contribution in [0.4, 0.5) is 17.2 Å². The van der Waals surface area contributed by atoms with Gasteiger partial charge in [0.25, 0.3) is 5.91 Å². The standard InChI is InChI=1S/C18H13Cl2N3O/c19-15-7-6-14(11-16(15)20)23-18(24)12-8-9-21-17(10-12)22-13-4-2-1-3-5-13/h1-11H,(H,21,22)(H,23,24). The molecule has 0 saturated carbocycles. The fraction of sp³-hybridized carbons (Fsp3) is 0. The minimum Gasteiger partial charge on any atom is -0.340 e. The number of benzene rings is 2. The van der Waals surface area contributed by atoms with E-state index < -0.39 is 0 Å². The van der Waals surface area contributed by atoms with Gasteiger partial charge in [-0.15, -0.1) is 0 Å². The van der Waals surface area contributed by atoms with Crippen LogP contribution in [-0.4, -0.2) is 10.9 Å². The third kappa shape index (κ3) is 4.04. The number of carbonyl (C=O) groups is 1. The van der Waals surface area contributed by atoms with E-state index in [1.165, 1.54) is 0 Å². The minimum atomic E-state index is -0.257. The molecular weight excluding hydrogens is 345 g/mol. The number of para-hydroxylation sites is 1.